The van der Waals surface area contributed by atoms with E-state index in [2.05, 4.69) is 19.2 Å². The predicted octanol–water partition coefficient (Wildman–Crippen LogP) is 2.68. The van der Waals surface area contributed by atoms with E-state index in [0.29, 0.717) is 25.6 Å². The van der Waals surface area contributed by atoms with E-state index >= 15 is 0 Å². The summed E-state index contributed by atoms with van der Waals surface area (Å²) in [4.78, 5) is 27.7. The highest BCUT2D eigenvalue weighted by atomic mass is 16.6. The fourth-order valence-corrected chi connectivity index (χ4v) is 2.60. The number of hydrogen-bond donors (Lipinski definition) is 1. The van der Waals surface area contributed by atoms with Crippen LogP contribution in [-0.2, 0) is 4.74 Å². The maximum atomic E-state index is 12.4. The van der Waals surface area contributed by atoms with Crippen molar-refractivity contribution in [1.82, 2.24) is 15.1 Å². The molecule has 1 fully saturated rings. The van der Waals surface area contributed by atoms with Gasteiger partial charge in [0.15, 0.2) is 0 Å². The first-order valence-electron chi connectivity index (χ1n) is 8.34. The number of carbonyl (C=O) groups excluding carboxylic acids is 2. The number of piperidine rings is 1. The fourth-order valence-electron chi connectivity index (χ4n) is 2.60. The van der Waals surface area contributed by atoms with Crippen LogP contribution in [0, 0.1) is 5.92 Å². The van der Waals surface area contributed by atoms with Gasteiger partial charge in [-0.05, 0) is 39.5 Å². The predicted molar refractivity (Wildman–Crippen MR) is 86.8 cm³/mol. The number of nitrogens with one attached hydrogen (secondary N) is 1. The normalized spacial score (nSPS) is 16.0. The molecule has 0 saturated carbocycles. The maximum Gasteiger partial charge on any atom is 0.409 e. The van der Waals surface area contributed by atoms with Crippen molar-refractivity contribution in [2.24, 2.45) is 5.92 Å². The molecule has 1 saturated heterocycles. The summed E-state index contributed by atoms with van der Waals surface area (Å²) in [6.07, 6.45) is 1.30. The number of likely N-dealkylation sites (tertiary alicyclic amines) is 1. The van der Waals surface area contributed by atoms with Crippen LogP contribution in [0.15, 0.2) is 0 Å². The van der Waals surface area contributed by atoms with Crippen LogP contribution in [0.25, 0.3) is 0 Å². The van der Waals surface area contributed by atoms with E-state index in [-0.39, 0.29) is 24.2 Å². The van der Waals surface area contributed by atoms with Crippen LogP contribution in [-0.4, -0.2) is 60.2 Å². The molecule has 0 atom stereocenters. The molecule has 0 aliphatic carbocycles. The van der Waals surface area contributed by atoms with Crippen LogP contribution in [0.2, 0.25) is 0 Å². The molecule has 3 amide bonds. The van der Waals surface area contributed by atoms with Gasteiger partial charge < -0.3 is 19.9 Å². The van der Waals surface area contributed by atoms with Gasteiger partial charge in [-0.25, -0.2) is 9.59 Å². The van der Waals surface area contributed by atoms with Gasteiger partial charge >= 0.3 is 12.1 Å². The molecule has 0 bridgehead atoms. The Morgan fingerprint density at radius 3 is 2.27 bits per heavy atom. The molecular weight excluding hydrogens is 282 g/mol. The molecular formula is C16H31N3O3. The molecule has 0 unspecified atom stereocenters. The second kappa shape index (κ2) is 8.86. The number of rotatable bonds is 5. The Labute approximate surface area is 134 Å². The minimum absolute atomic E-state index is 0.00159. The largest absolute Gasteiger partial charge is 0.450 e. The van der Waals surface area contributed by atoms with Crippen molar-refractivity contribution in [1.29, 1.82) is 0 Å². The van der Waals surface area contributed by atoms with Crippen LogP contribution in [0.5, 0.6) is 0 Å². The summed E-state index contributed by atoms with van der Waals surface area (Å²) in [5.41, 5.74) is 0. The fraction of sp³-hybridized carbons (Fsp3) is 0.875. The third-order valence-corrected chi connectivity index (χ3v) is 3.79. The highest BCUT2D eigenvalue weighted by Crippen LogP contribution is 2.13. The van der Waals surface area contributed by atoms with Crippen LogP contribution in [0.1, 0.15) is 47.5 Å². The first-order valence-corrected chi connectivity index (χ1v) is 8.34. The first kappa shape index (κ1) is 18.6. The number of nitrogens with zero attached hydrogens (tertiary/aromatic N) is 2. The Hall–Kier alpha value is -1.46. The topological polar surface area (TPSA) is 61.9 Å². The average Bonchev–Trinajstić information content (AvgIpc) is 2.45. The molecule has 0 spiro atoms. The molecule has 0 aromatic heterocycles. The van der Waals surface area contributed by atoms with E-state index in [4.69, 9.17) is 4.74 Å². The molecule has 0 radical (unpaired) electrons. The lowest BCUT2D eigenvalue weighted by Crippen LogP contribution is -2.52. The summed E-state index contributed by atoms with van der Waals surface area (Å²) in [5, 5.41) is 3.11. The summed E-state index contributed by atoms with van der Waals surface area (Å²) < 4.78 is 5.00. The van der Waals surface area contributed by atoms with Crippen molar-refractivity contribution < 1.29 is 14.3 Å². The summed E-state index contributed by atoms with van der Waals surface area (Å²) in [5.74, 6) is 0.443. The van der Waals surface area contributed by atoms with Crippen LogP contribution < -0.4 is 5.32 Å². The number of amides is 3. The van der Waals surface area contributed by atoms with Crippen molar-refractivity contribution in [3.8, 4) is 0 Å². The second-order valence-electron chi connectivity index (χ2n) is 6.55. The molecule has 6 heteroatoms. The Morgan fingerprint density at radius 1 is 1.23 bits per heavy atom. The summed E-state index contributed by atoms with van der Waals surface area (Å²) in [6.45, 7) is 12.5. The zero-order chi connectivity index (χ0) is 16.7. The molecule has 6 nitrogen and oxygen atoms in total. The second-order valence-corrected chi connectivity index (χ2v) is 6.55. The zero-order valence-electron chi connectivity index (χ0n) is 14.6. The Morgan fingerprint density at radius 2 is 1.82 bits per heavy atom. The smallest absolute Gasteiger partial charge is 0.409 e. The van der Waals surface area contributed by atoms with Crippen molar-refractivity contribution in [3.05, 3.63) is 0 Å². The van der Waals surface area contributed by atoms with Gasteiger partial charge in [0.2, 0.25) is 0 Å². The minimum Gasteiger partial charge on any atom is -0.450 e. The van der Waals surface area contributed by atoms with Gasteiger partial charge in [0.1, 0.15) is 0 Å². The molecule has 1 N–H and O–H groups in total. The summed E-state index contributed by atoms with van der Waals surface area (Å²) >= 11 is 0. The lowest BCUT2D eigenvalue weighted by molar-refractivity contribution is 0.0947. The Bertz CT molecular complexity index is 364. The van der Waals surface area contributed by atoms with Crippen LogP contribution >= 0.6 is 0 Å². The van der Waals surface area contributed by atoms with Gasteiger partial charge in [0, 0.05) is 31.7 Å². The highest BCUT2D eigenvalue weighted by Gasteiger charge is 2.26. The highest BCUT2D eigenvalue weighted by molar-refractivity contribution is 5.75. The van der Waals surface area contributed by atoms with E-state index in [9.17, 15) is 9.59 Å². The van der Waals surface area contributed by atoms with E-state index in [1.165, 1.54) is 0 Å². The van der Waals surface area contributed by atoms with Gasteiger partial charge in [-0.1, -0.05) is 13.8 Å². The average molecular weight is 313 g/mol. The van der Waals surface area contributed by atoms with Crippen molar-refractivity contribution in [3.63, 3.8) is 0 Å². The van der Waals surface area contributed by atoms with E-state index < -0.39 is 0 Å². The van der Waals surface area contributed by atoms with Gasteiger partial charge in [0.05, 0.1) is 6.61 Å². The van der Waals surface area contributed by atoms with Crippen LogP contribution in [0.3, 0.4) is 0 Å². The van der Waals surface area contributed by atoms with Crippen molar-refractivity contribution >= 4 is 12.1 Å². The quantitative estimate of drug-likeness (QED) is 0.849. The standard InChI is InChI=1S/C16H31N3O3/c1-6-22-16(21)18-9-7-14(8-10-18)17-15(20)19(13(4)5)11-12(2)3/h12-14H,6-11H2,1-5H3,(H,17,20). The monoisotopic (exact) mass is 313 g/mol. The van der Waals surface area contributed by atoms with E-state index in [1.54, 1.807) is 11.8 Å². The molecule has 0 aromatic carbocycles. The summed E-state index contributed by atoms with van der Waals surface area (Å²) in [7, 11) is 0. The molecule has 0 aromatic rings. The van der Waals surface area contributed by atoms with Crippen LogP contribution in [0.4, 0.5) is 9.59 Å². The minimum atomic E-state index is -0.254. The third kappa shape index (κ3) is 5.73. The maximum absolute atomic E-state index is 12.4. The summed E-state index contributed by atoms with van der Waals surface area (Å²) in [6, 6.07) is 0.312. The lowest BCUT2D eigenvalue weighted by Gasteiger charge is -2.34. The molecule has 1 rings (SSSR count). The SMILES string of the molecule is CCOC(=O)N1CCC(NC(=O)N(CC(C)C)C(C)C)CC1. The van der Waals surface area contributed by atoms with Gasteiger partial charge in [-0.3, -0.25) is 0 Å². The van der Waals surface area contributed by atoms with Gasteiger partial charge in [-0.15, -0.1) is 0 Å². The zero-order valence-corrected chi connectivity index (χ0v) is 14.6. The van der Waals surface area contributed by atoms with Gasteiger partial charge in [0.25, 0.3) is 0 Å². The molecule has 1 heterocycles. The third-order valence-electron chi connectivity index (χ3n) is 3.79. The first-order chi connectivity index (χ1) is 10.3. The van der Waals surface area contributed by atoms with E-state index in [1.807, 2.05) is 18.7 Å². The number of urea groups is 1. The number of carbonyl (C=O) groups is 2. The van der Waals surface area contributed by atoms with E-state index in [0.717, 1.165) is 19.4 Å². The van der Waals surface area contributed by atoms with Crippen molar-refractivity contribution in [2.75, 3.05) is 26.2 Å². The van der Waals surface area contributed by atoms with Crippen molar-refractivity contribution in [2.45, 2.75) is 59.5 Å². The molecule has 1 aliphatic rings. The van der Waals surface area contributed by atoms with Gasteiger partial charge in [-0.2, -0.15) is 0 Å². The number of hydrogen-bond acceptors (Lipinski definition) is 3. The lowest BCUT2D eigenvalue weighted by atomic mass is 10.1. The number of ether oxygens (including phenoxy) is 1. The molecule has 1 aliphatic heterocycles. The Balaban J connectivity index is 2.44. The molecule has 22 heavy (non-hydrogen) atoms. The molecule has 128 valence electrons. The Kier molecular flexibility index (Phi) is 7.48.